The van der Waals surface area contributed by atoms with Gasteiger partial charge in [0.05, 0.1) is 0 Å². The molecule has 0 saturated heterocycles. The second-order valence-corrected chi connectivity index (χ2v) is 24.5. The van der Waals surface area contributed by atoms with Crippen LogP contribution >= 0.6 is 0 Å². The van der Waals surface area contributed by atoms with Crippen LogP contribution in [0.2, 0.25) is 0 Å². The van der Waals surface area contributed by atoms with E-state index in [4.69, 9.17) is 14.2 Å². The lowest BCUT2D eigenvalue weighted by molar-refractivity contribution is -0.167. The summed E-state index contributed by atoms with van der Waals surface area (Å²) >= 11 is 0. The fraction of sp³-hybridized carbons (Fsp3) is 0.805. The molecule has 0 bridgehead atoms. The van der Waals surface area contributed by atoms with Crippen molar-refractivity contribution in [3.05, 3.63) is 72.9 Å². The standard InChI is InChI=1S/C77H138O6/c1-4-7-10-13-16-19-21-23-25-27-29-31-33-35-36-37-38-39-40-42-43-45-47-49-51-53-55-58-61-64-67-70-76(79)82-73-74(72-81-75(78)69-66-63-60-57-18-15-12-9-6-3)83-77(80)71-68-65-62-59-56-54-52-50-48-46-44-41-34-32-30-28-26-24-22-20-17-14-11-8-5-2/h8,11,17,20,24,26-27,29-30,32,41,44,74H,4-7,9-10,12-16,18-19,21-23,25,28,31,33-40,42-43,45-73H2,1-3H3/b11-8-,20-17-,26-24-,29-27-,32-30-,44-41-. The van der Waals surface area contributed by atoms with Gasteiger partial charge >= 0.3 is 17.9 Å². The molecular formula is C77H138O6. The van der Waals surface area contributed by atoms with Crippen LogP contribution in [0.4, 0.5) is 0 Å². The predicted molar refractivity (Wildman–Crippen MR) is 362 cm³/mol. The number of allylic oxidation sites excluding steroid dienone is 12. The number of rotatable bonds is 67. The molecule has 0 spiro atoms. The van der Waals surface area contributed by atoms with Gasteiger partial charge < -0.3 is 14.2 Å². The number of unbranched alkanes of at least 4 members (excludes halogenated alkanes) is 44. The Morgan fingerprint density at radius 1 is 0.253 bits per heavy atom. The molecule has 0 N–H and O–H groups in total. The van der Waals surface area contributed by atoms with E-state index >= 15 is 0 Å². The minimum atomic E-state index is -0.777. The maximum absolute atomic E-state index is 12.9. The van der Waals surface area contributed by atoms with Crippen LogP contribution in [0, 0.1) is 0 Å². The maximum atomic E-state index is 12.9. The minimum Gasteiger partial charge on any atom is -0.462 e. The second-order valence-electron chi connectivity index (χ2n) is 24.5. The monoisotopic (exact) mass is 1160 g/mol. The van der Waals surface area contributed by atoms with Crippen molar-refractivity contribution < 1.29 is 28.6 Å². The first-order valence-corrected chi connectivity index (χ1v) is 36.4. The zero-order chi connectivity index (χ0) is 59.9. The SMILES string of the molecule is CC/C=C\C/C=C\C/C=C\C/C=C\C/C=C\CCCCCCCCCCCC(=O)OC(COC(=O)CCCCCCCCCCC)COC(=O)CCCCCCCCCCCCCCCCCCCCC/C=C\CCCCCCCCCC. The van der Waals surface area contributed by atoms with Crippen LogP contribution in [-0.2, 0) is 28.6 Å². The highest BCUT2D eigenvalue weighted by Gasteiger charge is 2.19. The molecule has 0 heterocycles. The molecule has 6 nitrogen and oxygen atoms in total. The predicted octanol–water partition coefficient (Wildman–Crippen LogP) is 25.2. The molecule has 0 fully saturated rings. The van der Waals surface area contributed by atoms with Crippen molar-refractivity contribution in [2.75, 3.05) is 13.2 Å². The van der Waals surface area contributed by atoms with Gasteiger partial charge in [-0.3, -0.25) is 14.4 Å². The molecule has 6 heteroatoms. The Kier molecular flexibility index (Phi) is 68.6. The molecule has 0 aliphatic rings. The van der Waals surface area contributed by atoms with Crippen LogP contribution in [0.5, 0.6) is 0 Å². The first kappa shape index (κ1) is 79.8. The van der Waals surface area contributed by atoms with E-state index in [9.17, 15) is 14.4 Å². The van der Waals surface area contributed by atoms with Gasteiger partial charge in [-0.2, -0.15) is 0 Å². The van der Waals surface area contributed by atoms with Crippen LogP contribution in [0.15, 0.2) is 72.9 Å². The summed E-state index contributed by atoms with van der Waals surface area (Å²) in [6.07, 6.45) is 93.9. The van der Waals surface area contributed by atoms with Gasteiger partial charge in [0, 0.05) is 19.3 Å². The van der Waals surface area contributed by atoms with Crippen LogP contribution in [0.25, 0.3) is 0 Å². The lowest BCUT2D eigenvalue weighted by Gasteiger charge is -2.18. The molecule has 1 atom stereocenters. The molecular weight excluding hydrogens is 1020 g/mol. The number of carbonyl (C=O) groups is 3. The Labute approximate surface area is 516 Å². The normalized spacial score (nSPS) is 12.5. The molecule has 0 saturated carbocycles. The Hall–Kier alpha value is -3.15. The van der Waals surface area contributed by atoms with Gasteiger partial charge in [-0.15, -0.1) is 0 Å². The van der Waals surface area contributed by atoms with Crippen LogP contribution < -0.4 is 0 Å². The largest absolute Gasteiger partial charge is 0.462 e. The third kappa shape index (κ3) is 69.5. The average Bonchev–Trinajstić information content (AvgIpc) is 3.49. The smallest absolute Gasteiger partial charge is 0.306 e. The van der Waals surface area contributed by atoms with Crippen molar-refractivity contribution in [2.24, 2.45) is 0 Å². The quantitative estimate of drug-likeness (QED) is 0.0261. The fourth-order valence-corrected chi connectivity index (χ4v) is 10.8. The summed E-state index contributed by atoms with van der Waals surface area (Å²) in [4.78, 5) is 38.3. The molecule has 0 aliphatic heterocycles. The van der Waals surface area contributed by atoms with Crippen molar-refractivity contribution in [1.29, 1.82) is 0 Å². The van der Waals surface area contributed by atoms with Crippen LogP contribution in [0.3, 0.4) is 0 Å². The van der Waals surface area contributed by atoms with E-state index in [1.54, 1.807) is 0 Å². The van der Waals surface area contributed by atoms with Gasteiger partial charge in [0.1, 0.15) is 13.2 Å². The van der Waals surface area contributed by atoms with Gasteiger partial charge in [-0.1, -0.05) is 344 Å². The summed E-state index contributed by atoms with van der Waals surface area (Å²) < 4.78 is 16.9. The highest BCUT2D eigenvalue weighted by molar-refractivity contribution is 5.71. The first-order valence-electron chi connectivity index (χ1n) is 36.4. The zero-order valence-corrected chi connectivity index (χ0v) is 55.5. The number of carbonyl (C=O) groups excluding carboxylic acids is 3. The summed E-state index contributed by atoms with van der Waals surface area (Å²) in [6.45, 7) is 6.55. The van der Waals surface area contributed by atoms with Crippen molar-refractivity contribution >= 4 is 17.9 Å². The molecule has 1 unspecified atom stereocenters. The van der Waals surface area contributed by atoms with E-state index in [0.717, 1.165) is 96.3 Å². The summed E-state index contributed by atoms with van der Waals surface area (Å²) in [7, 11) is 0. The van der Waals surface area contributed by atoms with Crippen molar-refractivity contribution in [1.82, 2.24) is 0 Å². The van der Waals surface area contributed by atoms with Gasteiger partial charge in [-0.25, -0.2) is 0 Å². The zero-order valence-electron chi connectivity index (χ0n) is 55.5. The average molecular weight is 1160 g/mol. The Bertz CT molecular complexity index is 1520. The summed E-state index contributed by atoms with van der Waals surface area (Å²) in [5, 5.41) is 0. The molecule has 0 amide bonds. The number of esters is 3. The molecule has 0 aromatic heterocycles. The minimum absolute atomic E-state index is 0.0732. The van der Waals surface area contributed by atoms with Crippen LogP contribution in [-0.4, -0.2) is 37.2 Å². The lowest BCUT2D eigenvalue weighted by Crippen LogP contribution is -2.30. The fourth-order valence-electron chi connectivity index (χ4n) is 10.8. The van der Waals surface area contributed by atoms with E-state index in [1.165, 1.54) is 244 Å². The Balaban J connectivity index is 4.10. The summed E-state index contributed by atoms with van der Waals surface area (Å²) in [5.74, 6) is -0.861. The number of ether oxygens (including phenoxy) is 3. The molecule has 0 aromatic carbocycles. The van der Waals surface area contributed by atoms with Gasteiger partial charge in [0.25, 0.3) is 0 Å². The molecule has 0 radical (unpaired) electrons. The molecule has 0 aliphatic carbocycles. The summed E-state index contributed by atoms with van der Waals surface area (Å²) in [5.41, 5.74) is 0. The highest BCUT2D eigenvalue weighted by Crippen LogP contribution is 2.18. The Morgan fingerprint density at radius 3 is 0.747 bits per heavy atom. The van der Waals surface area contributed by atoms with E-state index in [2.05, 4.69) is 93.7 Å². The van der Waals surface area contributed by atoms with Crippen molar-refractivity contribution in [2.45, 2.75) is 386 Å². The van der Waals surface area contributed by atoms with E-state index in [-0.39, 0.29) is 31.1 Å². The first-order chi connectivity index (χ1) is 41.0. The van der Waals surface area contributed by atoms with Crippen molar-refractivity contribution in [3.8, 4) is 0 Å². The number of hydrogen-bond acceptors (Lipinski definition) is 6. The van der Waals surface area contributed by atoms with Crippen molar-refractivity contribution in [3.63, 3.8) is 0 Å². The third-order valence-corrected chi connectivity index (χ3v) is 16.2. The topological polar surface area (TPSA) is 78.9 Å². The highest BCUT2D eigenvalue weighted by atomic mass is 16.6. The lowest BCUT2D eigenvalue weighted by atomic mass is 10.0. The number of hydrogen-bond donors (Lipinski definition) is 0. The molecule has 0 rings (SSSR count). The molecule has 482 valence electrons. The molecule has 0 aromatic rings. The van der Waals surface area contributed by atoms with Crippen LogP contribution in [0.1, 0.15) is 380 Å². The Morgan fingerprint density at radius 2 is 0.470 bits per heavy atom. The van der Waals surface area contributed by atoms with E-state index in [1.807, 2.05) is 0 Å². The van der Waals surface area contributed by atoms with E-state index in [0.29, 0.717) is 19.3 Å². The van der Waals surface area contributed by atoms with E-state index < -0.39 is 6.10 Å². The molecule has 83 heavy (non-hydrogen) atoms. The van der Waals surface area contributed by atoms with Gasteiger partial charge in [-0.05, 0) is 89.9 Å². The van der Waals surface area contributed by atoms with Gasteiger partial charge in [0.15, 0.2) is 6.10 Å². The second kappa shape index (κ2) is 71.3. The third-order valence-electron chi connectivity index (χ3n) is 16.2. The maximum Gasteiger partial charge on any atom is 0.306 e. The summed E-state index contributed by atoms with van der Waals surface area (Å²) in [6, 6.07) is 0. The van der Waals surface area contributed by atoms with Gasteiger partial charge in [0.2, 0.25) is 0 Å².